The van der Waals surface area contributed by atoms with Crippen LogP contribution in [0.5, 0.6) is 0 Å². The maximum atomic E-state index is 12.4. The average Bonchev–Trinajstić information content (AvgIpc) is 2.61. The second kappa shape index (κ2) is 8.31. The summed E-state index contributed by atoms with van der Waals surface area (Å²) in [6, 6.07) is 8.55. The van der Waals surface area contributed by atoms with E-state index >= 15 is 0 Å². The van der Waals surface area contributed by atoms with Crippen LogP contribution >= 0.6 is 0 Å². The van der Waals surface area contributed by atoms with E-state index in [1.54, 1.807) is 36.1 Å². The molecule has 0 bridgehead atoms. The highest BCUT2D eigenvalue weighted by molar-refractivity contribution is 5.94. The molecule has 0 unspecified atom stereocenters. The van der Waals surface area contributed by atoms with Crippen LogP contribution < -0.4 is 5.32 Å². The molecule has 7 heteroatoms. The maximum Gasteiger partial charge on any atom is 0.409 e. The number of benzene rings is 1. The molecule has 0 spiro atoms. The van der Waals surface area contributed by atoms with Gasteiger partial charge in [0, 0.05) is 31.9 Å². The van der Waals surface area contributed by atoms with E-state index in [1.165, 1.54) is 0 Å². The van der Waals surface area contributed by atoms with E-state index in [0.717, 1.165) is 0 Å². The third-order valence-electron chi connectivity index (χ3n) is 4.03. The summed E-state index contributed by atoms with van der Waals surface area (Å²) < 4.78 is 4.99. The number of amides is 2. The van der Waals surface area contributed by atoms with Gasteiger partial charge in [0.15, 0.2) is 0 Å². The van der Waals surface area contributed by atoms with Crippen LogP contribution in [0.25, 0.3) is 0 Å². The van der Waals surface area contributed by atoms with Crippen LogP contribution in [-0.2, 0) is 9.53 Å². The van der Waals surface area contributed by atoms with Crippen LogP contribution in [0, 0.1) is 11.3 Å². The number of carbonyl (C=O) groups excluding carboxylic acids is 2. The molecule has 0 aromatic heterocycles. The lowest BCUT2D eigenvalue weighted by Crippen LogP contribution is -2.54. The van der Waals surface area contributed by atoms with Crippen LogP contribution in [0.2, 0.25) is 0 Å². The Morgan fingerprint density at radius 2 is 2.04 bits per heavy atom. The number of hydrogen-bond acceptors (Lipinski definition) is 5. The molecule has 0 saturated carbocycles. The van der Waals surface area contributed by atoms with Gasteiger partial charge in [-0.2, -0.15) is 5.26 Å². The molecule has 1 aliphatic rings. The molecular formula is C17H22N4O3. The van der Waals surface area contributed by atoms with Crippen LogP contribution in [0.4, 0.5) is 10.5 Å². The monoisotopic (exact) mass is 330 g/mol. The minimum Gasteiger partial charge on any atom is -0.450 e. The lowest BCUT2D eigenvalue weighted by molar-refractivity contribution is -0.121. The molecular weight excluding hydrogens is 308 g/mol. The summed E-state index contributed by atoms with van der Waals surface area (Å²) in [6.45, 7) is 6.29. The van der Waals surface area contributed by atoms with Gasteiger partial charge in [-0.25, -0.2) is 4.79 Å². The molecule has 0 radical (unpaired) electrons. The summed E-state index contributed by atoms with van der Waals surface area (Å²) in [4.78, 5) is 27.8. The molecule has 7 nitrogen and oxygen atoms in total. The van der Waals surface area contributed by atoms with Crippen molar-refractivity contribution in [2.75, 3.05) is 38.1 Å². The van der Waals surface area contributed by atoms with Crippen molar-refractivity contribution < 1.29 is 14.3 Å². The van der Waals surface area contributed by atoms with E-state index in [4.69, 9.17) is 10.00 Å². The molecule has 0 aliphatic carbocycles. The summed E-state index contributed by atoms with van der Waals surface area (Å²) in [5, 5.41) is 11.7. The van der Waals surface area contributed by atoms with Gasteiger partial charge in [0.1, 0.15) is 0 Å². The van der Waals surface area contributed by atoms with Crippen molar-refractivity contribution in [1.29, 1.82) is 5.26 Å². The number of anilines is 1. The number of rotatable bonds is 4. The standard InChI is InChI=1S/C17H22N4O3/c1-3-24-17(23)21-9-7-20(8-10-21)13(2)16(22)19-15-6-4-5-14(11-15)12-18/h4-6,11,13H,3,7-10H2,1-2H3,(H,19,22)/t13-/m0/s1. The minimum absolute atomic E-state index is 0.130. The SMILES string of the molecule is CCOC(=O)N1CCN([C@@H](C)C(=O)Nc2cccc(C#N)c2)CC1. The van der Waals surface area contributed by atoms with Crippen molar-refractivity contribution in [3.8, 4) is 6.07 Å². The van der Waals surface area contributed by atoms with Crippen molar-refractivity contribution >= 4 is 17.7 Å². The lowest BCUT2D eigenvalue weighted by Gasteiger charge is -2.36. The largest absolute Gasteiger partial charge is 0.450 e. The van der Waals surface area contributed by atoms with Crippen LogP contribution in [0.3, 0.4) is 0 Å². The first-order chi connectivity index (χ1) is 11.5. The second-order valence-electron chi connectivity index (χ2n) is 5.58. The van der Waals surface area contributed by atoms with Gasteiger partial charge in [0.05, 0.1) is 24.3 Å². The fourth-order valence-corrected chi connectivity index (χ4v) is 2.59. The van der Waals surface area contributed by atoms with Crippen LogP contribution in [0.15, 0.2) is 24.3 Å². The first-order valence-corrected chi connectivity index (χ1v) is 8.02. The summed E-state index contributed by atoms with van der Waals surface area (Å²) >= 11 is 0. The molecule has 1 saturated heterocycles. The van der Waals surface area contributed by atoms with Crippen LogP contribution in [-0.4, -0.2) is 60.6 Å². The highest BCUT2D eigenvalue weighted by Gasteiger charge is 2.28. The van der Waals surface area contributed by atoms with Gasteiger partial charge >= 0.3 is 6.09 Å². The molecule has 2 amide bonds. The average molecular weight is 330 g/mol. The zero-order valence-electron chi connectivity index (χ0n) is 14.0. The zero-order chi connectivity index (χ0) is 17.5. The molecule has 1 aliphatic heterocycles. The number of carbonyl (C=O) groups is 2. The number of nitrogens with one attached hydrogen (secondary N) is 1. The first kappa shape index (κ1) is 17.8. The van der Waals surface area contributed by atoms with Gasteiger partial charge in [-0.1, -0.05) is 6.07 Å². The number of hydrogen-bond donors (Lipinski definition) is 1. The smallest absolute Gasteiger partial charge is 0.409 e. The van der Waals surface area contributed by atoms with E-state index in [9.17, 15) is 9.59 Å². The van der Waals surface area contributed by atoms with Crippen LogP contribution in [0.1, 0.15) is 19.4 Å². The molecule has 1 aromatic rings. The summed E-state index contributed by atoms with van der Waals surface area (Å²) in [7, 11) is 0. The molecule has 1 N–H and O–H groups in total. The Bertz CT molecular complexity index is 633. The van der Waals surface area contributed by atoms with Gasteiger partial charge in [-0.15, -0.1) is 0 Å². The number of piperazine rings is 1. The van der Waals surface area contributed by atoms with E-state index in [0.29, 0.717) is 44.0 Å². The van der Waals surface area contributed by atoms with E-state index in [1.807, 2.05) is 17.9 Å². The number of nitriles is 1. The highest BCUT2D eigenvalue weighted by Crippen LogP contribution is 2.13. The second-order valence-corrected chi connectivity index (χ2v) is 5.58. The Morgan fingerprint density at radius 3 is 2.67 bits per heavy atom. The van der Waals surface area contributed by atoms with Crippen molar-refractivity contribution in [2.45, 2.75) is 19.9 Å². The Morgan fingerprint density at radius 1 is 1.33 bits per heavy atom. The van der Waals surface area contributed by atoms with Crippen molar-refractivity contribution in [1.82, 2.24) is 9.80 Å². The maximum absolute atomic E-state index is 12.4. The predicted octanol–water partition coefficient (Wildman–Crippen LogP) is 1.66. The lowest BCUT2D eigenvalue weighted by atomic mass is 10.2. The highest BCUT2D eigenvalue weighted by atomic mass is 16.6. The molecule has 1 aromatic carbocycles. The molecule has 1 atom stereocenters. The van der Waals surface area contributed by atoms with Gasteiger partial charge in [0.25, 0.3) is 0 Å². The topological polar surface area (TPSA) is 85.7 Å². The summed E-state index contributed by atoms with van der Waals surface area (Å²) in [5.74, 6) is -0.130. The van der Waals surface area contributed by atoms with Crippen molar-refractivity contribution in [3.05, 3.63) is 29.8 Å². The van der Waals surface area contributed by atoms with Gasteiger partial charge in [0.2, 0.25) is 5.91 Å². The number of ether oxygens (including phenoxy) is 1. The minimum atomic E-state index is -0.319. The summed E-state index contributed by atoms with van der Waals surface area (Å²) in [5.41, 5.74) is 1.11. The quantitative estimate of drug-likeness (QED) is 0.907. The first-order valence-electron chi connectivity index (χ1n) is 8.02. The Hall–Kier alpha value is -2.59. The Kier molecular flexibility index (Phi) is 6.15. The van der Waals surface area contributed by atoms with Gasteiger partial charge < -0.3 is 15.0 Å². The Balaban J connectivity index is 1.88. The van der Waals surface area contributed by atoms with Gasteiger partial charge in [-0.3, -0.25) is 9.69 Å². The predicted molar refractivity (Wildman–Crippen MR) is 89.4 cm³/mol. The third-order valence-corrected chi connectivity index (χ3v) is 4.03. The molecule has 128 valence electrons. The third kappa shape index (κ3) is 4.46. The van der Waals surface area contributed by atoms with Crippen molar-refractivity contribution in [2.24, 2.45) is 0 Å². The molecule has 1 fully saturated rings. The fraction of sp³-hybridized carbons (Fsp3) is 0.471. The normalized spacial score (nSPS) is 16.1. The molecule has 2 rings (SSSR count). The summed E-state index contributed by atoms with van der Waals surface area (Å²) in [6.07, 6.45) is -0.303. The van der Waals surface area contributed by atoms with Crippen molar-refractivity contribution in [3.63, 3.8) is 0 Å². The van der Waals surface area contributed by atoms with E-state index < -0.39 is 0 Å². The van der Waals surface area contributed by atoms with E-state index in [-0.39, 0.29) is 18.0 Å². The number of nitrogens with zero attached hydrogens (tertiary/aromatic N) is 3. The van der Waals surface area contributed by atoms with E-state index in [2.05, 4.69) is 5.32 Å². The fourth-order valence-electron chi connectivity index (χ4n) is 2.59. The zero-order valence-corrected chi connectivity index (χ0v) is 14.0. The Labute approximate surface area is 141 Å². The van der Waals surface area contributed by atoms with Gasteiger partial charge in [-0.05, 0) is 32.0 Å². The molecule has 24 heavy (non-hydrogen) atoms. The molecule has 1 heterocycles.